The Labute approximate surface area is 153 Å². The maximum absolute atomic E-state index is 5.65. The molecule has 1 fully saturated rings. The number of benzene rings is 3. The van der Waals surface area contributed by atoms with Crippen molar-refractivity contribution in [2.45, 2.75) is 12.7 Å². The number of aliphatic imine (C=N–C) groups is 1. The maximum atomic E-state index is 5.65. The van der Waals surface area contributed by atoms with Gasteiger partial charge in [-0.05, 0) is 35.2 Å². The molecule has 1 saturated heterocycles. The number of ether oxygens (including phenoxy) is 2. The van der Waals surface area contributed by atoms with Gasteiger partial charge in [0.25, 0.3) is 0 Å². The quantitative estimate of drug-likeness (QED) is 0.582. The van der Waals surface area contributed by atoms with Crippen LogP contribution >= 0.6 is 0 Å². The fourth-order valence-corrected chi connectivity index (χ4v) is 2.94. The highest BCUT2D eigenvalue weighted by Gasteiger charge is 2.16. The van der Waals surface area contributed by atoms with Crippen molar-refractivity contribution >= 4 is 11.9 Å². The molecular formula is C23H21NO2. The van der Waals surface area contributed by atoms with Gasteiger partial charge in [0.1, 0.15) is 0 Å². The third kappa shape index (κ3) is 4.07. The molecule has 1 aliphatic heterocycles. The first-order valence-electron chi connectivity index (χ1n) is 8.91. The third-order valence-electron chi connectivity index (χ3n) is 4.37. The molecule has 0 amide bonds. The van der Waals surface area contributed by atoms with Gasteiger partial charge in [-0.3, -0.25) is 4.99 Å². The van der Waals surface area contributed by atoms with E-state index in [-0.39, 0.29) is 6.29 Å². The molecule has 130 valence electrons. The van der Waals surface area contributed by atoms with Gasteiger partial charge < -0.3 is 9.47 Å². The Hall–Kier alpha value is -2.75. The van der Waals surface area contributed by atoms with Gasteiger partial charge in [0.05, 0.1) is 18.9 Å². The minimum Gasteiger partial charge on any atom is -0.348 e. The maximum Gasteiger partial charge on any atom is 0.183 e. The van der Waals surface area contributed by atoms with E-state index < -0.39 is 0 Å². The van der Waals surface area contributed by atoms with E-state index in [9.17, 15) is 0 Å². The van der Waals surface area contributed by atoms with E-state index in [4.69, 9.17) is 9.47 Å². The normalized spacial score (nSPS) is 15.4. The van der Waals surface area contributed by atoms with Crippen molar-refractivity contribution in [2.24, 2.45) is 4.99 Å². The van der Waals surface area contributed by atoms with Crippen LogP contribution in [-0.2, 0) is 9.47 Å². The van der Waals surface area contributed by atoms with Gasteiger partial charge in [0.15, 0.2) is 6.29 Å². The Kier molecular flexibility index (Phi) is 5.19. The van der Waals surface area contributed by atoms with E-state index in [2.05, 4.69) is 41.4 Å². The van der Waals surface area contributed by atoms with Crippen molar-refractivity contribution in [3.8, 4) is 11.1 Å². The van der Waals surface area contributed by atoms with Crippen LogP contribution in [0.15, 0.2) is 83.9 Å². The van der Waals surface area contributed by atoms with Crippen LogP contribution in [0.4, 0.5) is 5.69 Å². The van der Waals surface area contributed by atoms with Crippen molar-refractivity contribution in [3.63, 3.8) is 0 Å². The lowest BCUT2D eigenvalue weighted by atomic mass is 10.0. The molecule has 0 saturated carbocycles. The summed E-state index contributed by atoms with van der Waals surface area (Å²) in [6, 6.07) is 26.8. The molecule has 0 aliphatic carbocycles. The molecule has 0 bridgehead atoms. The van der Waals surface area contributed by atoms with Crippen molar-refractivity contribution < 1.29 is 9.47 Å². The first-order chi connectivity index (χ1) is 12.9. The highest BCUT2D eigenvalue weighted by Crippen LogP contribution is 2.27. The molecule has 0 unspecified atom stereocenters. The van der Waals surface area contributed by atoms with Crippen LogP contribution in [0.2, 0.25) is 0 Å². The summed E-state index contributed by atoms with van der Waals surface area (Å²) in [5.41, 5.74) is 5.44. The second-order valence-electron chi connectivity index (χ2n) is 6.26. The molecule has 0 N–H and O–H groups in total. The summed E-state index contributed by atoms with van der Waals surface area (Å²) >= 11 is 0. The molecule has 0 radical (unpaired) electrons. The predicted molar refractivity (Wildman–Crippen MR) is 105 cm³/mol. The number of hydrogen-bond acceptors (Lipinski definition) is 3. The lowest BCUT2D eigenvalue weighted by Gasteiger charge is -2.23. The van der Waals surface area contributed by atoms with E-state index in [1.165, 1.54) is 11.1 Å². The van der Waals surface area contributed by atoms with Crippen LogP contribution in [0.25, 0.3) is 11.1 Å². The van der Waals surface area contributed by atoms with E-state index in [1.54, 1.807) is 0 Å². The van der Waals surface area contributed by atoms with Gasteiger partial charge in [-0.1, -0.05) is 66.7 Å². The summed E-state index contributed by atoms with van der Waals surface area (Å²) in [4.78, 5) is 4.53. The van der Waals surface area contributed by atoms with Crippen molar-refractivity contribution in [1.29, 1.82) is 0 Å². The smallest absolute Gasteiger partial charge is 0.183 e. The van der Waals surface area contributed by atoms with Gasteiger partial charge in [-0.15, -0.1) is 0 Å². The highest BCUT2D eigenvalue weighted by atomic mass is 16.7. The van der Waals surface area contributed by atoms with Crippen LogP contribution in [0.3, 0.4) is 0 Å². The fourth-order valence-electron chi connectivity index (χ4n) is 2.94. The van der Waals surface area contributed by atoms with Gasteiger partial charge in [-0.25, -0.2) is 0 Å². The minimum absolute atomic E-state index is 0.229. The molecule has 4 rings (SSSR count). The summed E-state index contributed by atoms with van der Waals surface area (Å²) in [5, 5.41) is 0. The average molecular weight is 343 g/mol. The molecule has 0 spiro atoms. The summed E-state index contributed by atoms with van der Waals surface area (Å²) in [6.45, 7) is 1.52. The summed E-state index contributed by atoms with van der Waals surface area (Å²) in [7, 11) is 0. The SMILES string of the molecule is C(=N\c1ccc(-c2ccc(C3OCCCO3)cc2)cc1)/c1ccccc1. The van der Waals surface area contributed by atoms with Gasteiger partial charge >= 0.3 is 0 Å². The zero-order valence-corrected chi connectivity index (χ0v) is 14.5. The van der Waals surface area contributed by atoms with Gasteiger partial charge in [-0.2, -0.15) is 0 Å². The van der Waals surface area contributed by atoms with Crippen molar-refractivity contribution in [2.75, 3.05) is 13.2 Å². The predicted octanol–water partition coefficient (Wildman–Crippen LogP) is 5.54. The lowest BCUT2D eigenvalue weighted by molar-refractivity contribution is -0.183. The largest absolute Gasteiger partial charge is 0.348 e. The van der Waals surface area contributed by atoms with E-state index in [1.807, 2.05) is 48.7 Å². The van der Waals surface area contributed by atoms with E-state index in [0.717, 1.165) is 36.4 Å². The molecule has 3 aromatic carbocycles. The standard InChI is InChI=1S/C23H21NO2/c1-2-5-18(6-3-1)17-24-22-13-11-20(12-14-22)19-7-9-21(10-8-19)23-25-15-4-16-26-23/h1-3,5-14,17,23H,4,15-16H2/b24-17+. The molecule has 3 nitrogen and oxygen atoms in total. The average Bonchev–Trinajstić information content (AvgIpc) is 2.74. The number of rotatable bonds is 4. The highest BCUT2D eigenvalue weighted by molar-refractivity contribution is 5.82. The van der Waals surface area contributed by atoms with E-state index >= 15 is 0 Å². The van der Waals surface area contributed by atoms with Crippen molar-refractivity contribution in [1.82, 2.24) is 0 Å². The Balaban J connectivity index is 1.45. The Morgan fingerprint density at radius 2 is 1.35 bits per heavy atom. The van der Waals surface area contributed by atoms with Crippen LogP contribution in [0.5, 0.6) is 0 Å². The summed E-state index contributed by atoms with van der Waals surface area (Å²) in [5.74, 6) is 0. The Morgan fingerprint density at radius 3 is 2.00 bits per heavy atom. The molecule has 0 aromatic heterocycles. The van der Waals surface area contributed by atoms with Crippen LogP contribution < -0.4 is 0 Å². The van der Waals surface area contributed by atoms with Crippen LogP contribution in [-0.4, -0.2) is 19.4 Å². The second-order valence-corrected chi connectivity index (χ2v) is 6.26. The molecule has 1 heterocycles. The third-order valence-corrected chi connectivity index (χ3v) is 4.37. The molecule has 26 heavy (non-hydrogen) atoms. The molecule has 3 aromatic rings. The lowest BCUT2D eigenvalue weighted by Crippen LogP contribution is -2.17. The second kappa shape index (κ2) is 8.09. The van der Waals surface area contributed by atoms with Crippen molar-refractivity contribution in [3.05, 3.63) is 90.0 Å². The zero-order valence-electron chi connectivity index (χ0n) is 14.5. The summed E-state index contributed by atoms with van der Waals surface area (Å²) < 4.78 is 11.3. The van der Waals surface area contributed by atoms with Gasteiger partial charge in [0, 0.05) is 11.8 Å². The fraction of sp³-hybridized carbons (Fsp3) is 0.174. The van der Waals surface area contributed by atoms with Crippen LogP contribution in [0, 0.1) is 0 Å². The van der Waals surface area contributed by atoms with Crippen LogP contribution in [0.1, 0.15) is 23.8 Å². The monoisotopic (exact) mass is 343 g/mol. The summed E-state index contributed by atoms with van der Waals surface area (Å²) in [6.07, 6.45) is 2.62. The zero-order chi connectivity index (χ0) is 17.6. The Bertz CT molecular complexity index is 849. The molecule has 0 atom stereocenters. The van der Waals surface area contributed by atoms with Gasteiger partial charge in [0.2, 0.25) is 0 Å². The minimum atomic E-state index is -0.229. The number of hydrogen-bond donors (Lipinski definition) is 0. The molecule has 3 heteroatoms. The Morgan fingerprint density at radius 1 is 0.731 bits per heavy atom. The molecule has 1 aliphatic rings. The number of nitrogens with zero attached hydrogens (tertiary/aromatic N) is 1. The molecular weight excluding hydrogens is 322 g/mol. The first kappa shape index (κ1) is 16.7. The first-order valence-corrected chi connectivity index (χ1v) is 8.91. The topological polar surface area (TPSA) is 30.8 Å². The van der Waals surface area contributed by atoms with E-state index in [0.29, 0.717) is 0 Å².